The Morgan fingerprint density at radius 3 is 2.17 bits per heavy atom. The van der Waals surface area contributed by atoms with Crippen LogP contribution in [0.4, 0.5) is 0 Å². The Morgan fingerprint density at radius 1 is 1.17 bits per heavy atom. The molecule has 18 heavy (non-hydrogen) atoms. The number of aliphatic hydroxyl groups excluding tert-OH is 1. The summed E-state index contributed by atoms with van der Waals surface area (Å²) in [7, 11) is 2.11. The van der Waals surface area contributed by atoms with Gasteiger partial charge in [0, 0.05) is 11.6 Å². The highest BCUT2D eigenvalue weighted by atomic mass is 16.3. The molecule has 0 bridgehead atoms. The van der Waals surface area contributed by atoms with Gasteiger partial charge in [0.05, 0.1) is 6.10 Å². The Bertz CT molecular complexity index is 347. The van der Waals surface area contributed by atoms with Gasteiger partial charge in [-0.05, 0) is 39.3 Å². The molecule has 102 valence electrons. The molecule has 0 heterocycles. The van der Waals surface area contributed by atoms with Gasteiger partial charge in [-0.3, -0.25) is 4.90 Å². The van der Waals surface area contributed by atoms with Gasteiger partial charge < -0.3 is 5.11 Å². The van der Waals surface area contributed by atoms with Crippen LogP contribution in [0.3, 0.4) is 0 Å². The number of likely N-dealkylation sites (N-methyl/N-ethyl adjacent to an activating group) is 1. The first-order chi connectivity index (χ1) is 8.44. The van der Waals surface area contributed by atoms with Crippen molar-refractivity contribution in [3.8, 4) is 0 Å². The SMILES string of the molecule is CCC(C(O)c1ccccc1)N(C)C(C)(C)CC. The minimum Gasteiger partial charge on any atom is -0.387 e. The maximum atomic E-state index is 10.6. The van der Waals surface area contributed by atoms with E-state index in [4.69, 9.17) is 0 Å². The van der Waals surface area contributed by atoms with E-state index in [0.29, 0.717) is 0 Å². The third-order valence-electron chi connectivity index (χ3n) is 4.24. The molecule has 0 aliphatic rings. The van der Waals surface area contributed by atoms with Crippen LogP contribution in [0.15, 0.2) is 30.3 Å². The maximum Gasteiger partial charge on any atom is 0.0945 e. The first-order valence-electron chi connectivity index (χ1n) is 6.90. The second kappa shape index (κ2) is 6.35. The molecule has 0 radical (unpaired) electrons. The molecule has 0 saturated carbocycles. The third-order valence-corrected chi connectivity index (χ3v) is 4.24. The molecule has 0 aliphatic heterocycles. The van der Waals surface area contributed by atoms with Gasteiger partial charge in [0.25, 0.3) is 0 Å². The van der Waals surface area contributed by atoms with Crippen molar-refractivity contribution in [2.45, 2.75) is 58.2 Å². The van der Waals surface area contributed by atoms with E-state index in [1.54, 1.807) is 0 Å². The van der Waals surface area contributed by atoms with Crippen molar-refractivity contribution >= 4 is 0 Å². The van der Waals surface area contributed by atoms with Gasteiger partial charge in [-0.2, -0.15) is 0 Å². The molecule has 1 aromatic rings. The first-order valence-corrected chi connectivity index (χ1v) is 6.90. The van der Waals surface area contributed by atoms with E-state index in [9.17, 15) is 5.11 Å². The van der Waals surface area contributed by atoms with Crippen molar-refractivity contribution in [2.75, 3.05) is 7.05 Å². The Hall–Kier alpha value is -0.860. The molecule has 2 unspecified atom stereocenters. The van der Waals surface area contributed by atoms with Crippen molar-refractivity contribution in [1.82, 2.24) is 4.90 Å². The van der Waals surface area contributed by atoms with Gasteiger partial charge in [-0.25, -0.2) is 0 Å². The van der Waals surface area contributed by atoms with Crippen LogP contribution < -0.4 is 0 Å². The summed E-state index contributed by atoms with van der Waals surface area (Å²) in [6.07, 6.45) is 1.59. The number of rotatable bonds is 6. The minimum atomic E-state index is -0.424. The van der Waals surface area contributed by atoms with Gasteiger partial charge in [-0.15, -0.1) is 0 Å². The van der Waals surface area contributed by atoms with Crippen molar-refractivity contribution in [1.29, 1.82) is 0 Å². The molecule has 0 saturated heterocycles. The lowest BCUT2D eigenvalue weighted by molar-refractivity contribution is 0.00561. The van der Waals surface area contributed by atoms with Crippen molar-refractivity contribution in [3.63, 3.8) is 0 Å². The molecule has 0 fully saturated rings. The van der Waals surface area contributed by atoms with E-state index in [2.05, 4.69) is 39.6 Å². The van der Waals surface area contributed by atoms with Crippen LogP contribution in [0, 0.1) is 0 Å². The highest BCUT2D eigenvalue weighted by Crippen LogP contribution is 2.28. The molecule has 0 aromatic heterocycles. The van der Waals surface area contributed by atoms with Gasteiger partial charge >= 0.3 is 0 Å². The van der Waals surface area contributed by atoms with Gasteiger partial charge in [0.15, 0.2) is 0 Å². The number of aliphatic hydroxyl groups is 1. The number of hydrogen-bond acceptors (Lipinski definition) is 2. The molecule has 1 N–H and O–H groups in total. The maximum absolute atomic E-state index is 10.6. The summed E-state index contributed by atoms with van der Waals surface area (Å²) < 4.78 is 0. The molecule has 0 aliphatic carbocycles. The summed E-state index contributed by atoms with van der Waals surface area (Å²) >= 11 is 0. The number of hydrogen-bond donors (Lipinski definition) is 1. The highest BCUT2D eigenvalue weighted by molar-refractivity contribution is 5.19. The molecular formula is C16H27NO. The highest BCUT2D eigenvalue weighted by Gasteiger charge is 2.31. The summed E-state index contributed by atoms with van der Waals surface area (Å²) in [6.45, 7) is 8.79. The zero-order valence-electron chi connectivity index (χ0n) is 12.4. The third kappa shape index (κ3) is 3.33. The average molecular weight is 249 g/mol. The zero-order valence-corrected chi connectivity index (χ0v) is 12.4. The Labute approximate surface area is 112 Å². The normalized spacial score (nSPS) is 15.7. The fraction of sp³-hybridized carbons (Fsp3) is 0.625. The monoisotopic (exact) mass is 249 g/mol. The second-order valence-corrected chi connectivity index (χ2v) is 5.61. The average Bonchev–Trinajstić information content (AvgIpc) is 2.40. The van der Waals surface area contributed by atoms with E-state index in [1.807, 2.05) is 30.3 Å². The zero-order chi connectivity index (χ0) is 13.8. The lowest BCUT2D eigenvalue weighted by atomic mass is 9.92. The molecule has 2 nitrogen and oxygen atoms in total. The molecule has 0 spiro atoms. The lowest BCUT2D eigenvalue weighted by Crippen LogP contribution is -2.49. The predicted molar refractivity (Wildman–Crippen MR) is 77.6 cm³/mol. The van der Waals surface area contributed by atoms with Crippen LogP contribution in [0.5, 0.6) is 0 Å². The molecule has 0 amide bonds. The fourth-order valence-electron chi connectivity index (χ4n) is 2.28. The lowest BCUT2D eigenvalue weighted by Gasteiger charge is -2.42. The van der Waals surface area contributed by atoms with E-state index >= 15 is 0 Å². The predicted octanol–water partition coefficient (Wildman–Crippen LogP) is 3.62. The van der Waals surface area contributed by atoms with E-state index in [-0.39, 0.29) is 11.6 Å². The minimum absolute atomic E-state index is 0.108. The van der Waals surface area contributed by atoms with E-state index < -0.39 is 6.10 Å². The standard InChI is InChI=1S/C16H27NO/c1-6-14(17(5)16(3,4)7-2)15(18)13-11-9-8-10-12-13/h8-12,14-15,18H,6-7H2,1-5H3. The van der Waals surface area contributed by atoms with Gasteiger partial charge in [0.1, 0.15) is 0 Å². The fourth-order valence-corrected chi connectivity index (χ4v) is 2.28. The summed E-state index contributed by atoms with van der Waals surface area (Å²) in [5.41, 5.74) is 1.11. The second-order valence-electron chi connectivity index (χ2n) is 5.61. The Kier molecular flexibility index (Phi) is 5.36. The topological polar surface area (TPSA) is 23.5 Å². The van der Waals surface area contributed by atoms with Crippen LogP contribution in [0.2, 0.25) is 0 Å². The van der Waals surface area contributed by atoms with Gasteiger partial charge in [0.2, 0.25) is 0 Å². The molecule has 1 aromatic carbocycles. The van der Waals surface area contributed by atoms with Crippen molar-refractivity contribution in [2.24, 2.45) is 0 Å². The Morgan fingerprint density at radius 2 is 1.72 bits per heavy atom. The summed E-state index contributed by atoms with van der Waals surface area (Å²) in [5, 5.41) is 10.6. The van der Waals surface area contributed by atoms with Crippen molar-refractivity contribution in [3.05, 3.63) is 35.9 Å². The molecule has 2 atom stereocenters. The van der Waals surface area contributed by atoms with Gasteiger partial charge in [-0.1, -0.05) is 44.2 Å². The van der Waals surface area contributed by atoms with Crippen LogP contribution in [0.1, 0.15) is 52.2 Å². The van der Waals surface area contributed by atoms with Crippen LogP contribution in [0.25, 0.3) is 0 Å². The number of benzene rings is 1. The molecule has 1 rings (SSSR count). The van der Waals surface area contributed by atoms with E-state index in [0.717, 1.165) is 18.4 Å². The summed E-state index contributed by atoms with van der Waals surface area (Å²) in [4.78, 5) is 2.31. The van der Waals surface area contributed by atoms with Crippen LogP contribution in [-0.4, -0.2) is 28.6 Å². The van der Waals surface area contributed by atoms with Crippen LogP contribution >= 0.6 is 0 Å². The molecule has 2 heteroatoms. The smallest absolute Gasteiger partial charge is 0.0945 e. The summed E-state index contributed by atoms with van der Waals surface area (Å²) in [6, 6.07) is 10.1. The summed E-state index contributed by atoms with van der Waals surface area (Å²) in [5.74, 6) is 0. The molecular weight excluding hydrogens is 222 g/mol. The first kappa shape index (κ1) is 15.2. The van der Waals surface area contributed by atoms with E-state index in [1.165, 1.54) is 0 Å². The largest absolute Gasteiger partial charge is 0.387 e. The quantitative estimate of drug-likeness (QED) is 0.832. The van der Waals surface area contributed by atoms with Crippen molar-refractivity contribution < 1.29 is 5.11 Å². The number of nitrogens with zero attached hydrogens (tertiary/aromatic N) is 1. The van der Waals surface area contributed by atoms with Crippen LogP contribution in [-0.2, 0) is 0 Å². The Balaban J connectivity index is 2.90.